The predicted octanol–water partition coefficient (Wildman–Crippen LogP) is 2.11. The zero-order chi connectivity index (χ0) is 10.5. The number of pyridine rings is 2. The first-order chi connectivity index (χ1) is 7.38. The van der Waals surface area contributed by atoms with E-state index in [-0.39, 0.29) is 0 Å². The van der Waals surface area contributed by atoms with Crippen molar-refractivity contribution in [2.24, 2.45) is 0 Å². The minimum absolute atomic E-state index is 0.823. The van der Waals surface area contributed by atoms with Crippen LogP contribution in [0.2, 0.25) is 0 Å². The number of hydrogen-bond acceptors (Lipinski definition) is 3. The van der Waals surface area contributed by atoms with Crippen LogP contribution in [0.25, 0.3) is 0 Å². The van der Waals surface area contributed by atoms with Crippen molar-refractivity contribution in [3.63, 3.8) is 0 Å². The molecular weight excluding hydrogens is 186 g/mol. The molecule has 0 saturated carbocycles. The maximum atomic E-state index is 4.31. The van der Waals surface area contributed by atoms with Gasteiger partial charge in [0.25, 0.3) is 0 Å². The third-order valence-electron chi connectivity index (χ3n) is 2.21. The van der Waals surface area contributed by atoms with Gasteiger partial charge in [-0.2, -0.15) is 0 Å². The quantitative estimate of drug-likeness (QED) is 0.822. The molecule has 15 heavy (non-hydrogen) atoms. The van der Waals surface area contributed by atoms with E-state index in [4.69, 9.17) is 0 Å². The molecule has 0 saturated heterocycles. The van der Waals surface area contributed by atoms with Gasteiger partial charge in [0, 0.05) is 43.4 Å². The number of nitrogens with zero attached hydrogens (tertiary/aromatic N) is 2. The standard InChI is InChI=1S/C12H13N3/c1-13-11-4-6-15-12(8-11)7-10-3-2-5-14-9-10/h2-6,8-9H,7H2,1H3,(H,13,15). The topological polar surface area (TPSA) is 37.8 Å². The Hall–Kier alpha value is -1.90. The van der Waals surface area contributed by atoms with E-state index in [1.807, 2.05) is 37.6 Å². The van der Waals surface area contributed by atoms with Crippen molar-refractivity contribution in [2.45, 2.75) is 6.42 Å². The van der Waals surface area contributed by atoms with Gasteiger partial charge in [0.2, 0.25) is 0 Å². The molecule has 0 spiro atoms. The van der Waals surface area contributed by atoms with Crippen LogP contribution in [0, 0.1) is 0 Å². The number of hydrogen-bond donors (Lipinski definition) is 1. The molecule has 2 aromatic rings. The molecule has 0 aromatic carbocycles. The molecule has 0 fully saturated rings. The fourth-order valence-electron chi connectivity index (χ4n) is 1.44. The van der Waals surface area contributed by atoms with Crippen LogP contribution in [0.5, 0.6) is 0 Å². The van der Waals surface area contributed by atoms with Gasteiger partial charge in [0.15, 0.2) is 0 Å². The second kappa shape index (κ2) is 4.55. The van der Waals surface area contributed by atoms with Gasteiger partial charge in [0.1, 0.15) is 0 Å². The Morgan fingerprint density at radius 3 is 2.93 bits per heavy atom. The number of rotatable bonds is 3. The Bertz CT molecular complexity index is 426. The molecule has 0 radical (unpaired) electrons. The molecule has 0 unspecified atom stereocenters. The van der Waals surface area contributed by atoms with Crippen LogP contribution in [-0.4, -0.2) is 17.0 Å². The third-order valence-corrected chi connectivity index (χ3v) is 2.21. The van der Waals surface area contributed by atoms with E-state index in [2.05, 4.69) is 21.4 Å². The summed E-state index contributed by atoms with van der Waals surface area (Å²) < 4.78 is 0. The molecule has 0 bridgehead atoms. The summed E-state index contributed by atoms with van der Waals surface area (Å²) in [6.45, 7) is 0. The highest BCUT2D eigenvalue weighted by molar-refractivity contribution is 5.43. The van der Waals surface area contributed by atoms with Gasteiger partial charge in [-0.25, -0.2) is 0 Å². The summed E-state index contributed by atoms with van der Waals surface area (Å²) in [4.78, 5) is 8.39. The first kappa shape index (κ1) is 9.65. The fraction of sp³-hybridized carbons (Fsp3) is 0.167. The maximum absolute atomic E-state index is 4.31. The van der Waals surface area contributed by atoms with E-state index < -0.39 is 0 Å². The Kier molecular flexibility index (Phi) is 2.93. The molecule has 0 aliphatic carbocycles. The second-order valence-electron chi connectivity index (χ2n) is 3.32. The van der Waals surface area contributed by atoms with Crippen molar-refractivity contribution < 1.29 is 0 Å². The van der Waals surface area contributed by atoms with Crippen LogP contribution in [0.1, 0.15) is 11.3 Å². The van der Waals surface area contributed by atoms with Crippen molar-refractivity contribution >= 4 is 5.69 Å². The number of anilines is 1. The van der Waals surface area contributed by atoms with Crippen LogP contribution >= 0.6 is 0 Å². The zero-order valence-corrected chi connectivity index (χ0v) is 8.64. The minimum Gasteiger partial charge on any atom is -0.388 e. The Morgan fingerprint density at radius 1 is 1.27 bits per heavy atom. The molecule has 0 atom stereocenters. The highest BCUT2D eigenvalue weighted by Crippen LogP contribution is 2.10. The van der Waals surface area contributed by atoms with E-state index in [9.17, 15) is 0 Å². The summed E-state index contributed by atoms with van der Waals surface area (Å²) in [6, 6.07) is 8.00. The first-order valence-corrected chi connectivity index (χ1v) is 4.90. The summed E-state index contributed by atoms with van der Waals surface area (Å²) >= 11 is 0. The molecule has 3 heteroatoms. The largest absolute Gasteiger partial charge is 0.388 e. The summed E-state index contributed by atoms with van der Waals surface area (Å²) in [5.41, 5.74) is 3.32. The molecule has 2 heterocycles. The van der Waals surface area contributed by atoms with Gasteiger partial charge in [-0.15, -0.1) is 0 Å². The van der Waals surface area contributed by atoms with Gasteiger partial charge in [0.05, 0.1) is 0 Å². The summed E-state index contributed by atoms with van der Waals surface area (Å²) in [7, 11) is 1.91. The van der Waals surface area contributed by atoms with E-state index in [0.29, 0.717) is 0 Å². The molecule has 76 valence electrons. The molecular formula is C12H13N3. The lowest BCUT2D eigenvalue weighted by atomic mass is 10.1. The molecule has 1 N–H and O–H groups in total. The molecule has 2 aromatic heterocycles. The molecule has 3 nitrogen and oxygen atoms in total. The highest BCUT2D eigenvalue weighted by Gasteiger charge is 1.98. The van der Waals surface area contributed by atoms with E-state index in [0.717, 1.165) is 17.8 Å². The van der Waals surface area contributed by atoms with E-state index >= 15 is 0 Å². The Morgan fingerprint density at radius 2 is 2.20 bits per heavy atom. The van der Waals surface area contributed by atoms with Crippen LogP contribution < -0.4 is 5.32 Å². The van der Waals surface area contributed by atoms with Crippen LogP contribution in [0.3, 0.4) is 0 Å². The normalized spacial score (nSPS) is 9.93. The van der Waals surface area contributed by atoms with Gasteiger partial charge < -0.3 is 5.32 Å². The monoisotopic (exact) mass is 199 g/mol. The Labute approximate surface area is 89.2 Å². The van der Waals surface area contributed by atoms with E-state index in [1.54, 1.807) is 6.20 Å². The highest BCUT2D eigenvalue weighted by atomic mass is 14.8. The summed E-state index contributed by atoms with van der Waals surface area (Å²) in [5.74, 6) is 0. The van der Waals surface area contributed by atoms with Gasteiger partial charge in [-0.1, -0.05) is 6.07 Å². The van der Waals surface area contributed by atoms with Crippen LogP contribution in [0.4, 0.5) is 5.69 Å². The van der Waals surface area contributed by atoms with Crippen molar-refractivity contribution in [3.8, 4) is 0 Å². The lowest BCUT2D eigenvalue weighted by Crippen LogP contribution is -1.95. The van der Waals surface area contributed by atoms with Gasteiger partial charge >= 0.3 is 0 Å². The number of aromatic nitrogens is 2. The second-order valence-corrected chi connectivity index (χ2v) is 3.32. The number of nitrogens with one attached hydrogen (secondary N) is 1. The van der Waals surface area contributed by atoms with E-state index in [1.165, 1.54) is 5.56 Å². The smallest absolute Gasteiger partial charge is 0.0468 e. The van der Waals surface area contributed by atoms with Crippen LogP contribution in [-0.2, 0) is 6.42 Å². The average Bonchev–Trinajstić information content (AvgIpc) is 2.31. The predicted molar refractivity (Wildman–Crippen MR) is 60.8 cm³/mol. The van der Waals surface area contributed by atoms with Crippen LogP contribution in [0.15, 0.2) is 42.9 Å². The SMILES string of the molecule is CNc1ccnc(Cc2cccnc2)c1. The minimum atomic E-state index is 0.823. The first-order valence-electron chi connectivity index (χ1n) is 4.90. The van der Waals surface area contributed by atoms with Crippen molar-refractivity contribution in [1.82, 2.24) is 9.97 Å². The summed E-state index contributed by atoms with van der Waals surface area (Å²) in [6.07, 6.45) is 6.29. The lowest BCUT2D eigenvalue weighted by molar-refractivity contribution is 1.06. The molecule has 0 aliphatic rings. The summed E-state index contributed by atoms with van der Waals surface area (Å²) in [5, 5.41) is 3.10. The fourth-order valence-corrected chi connectivity index (χ4v) is 1.44. The van der Waals surface area contributed by atoms with Crippen molar-refractivity contribution in [1.29, 1.82) is 0 Å². The Balaban J connectivity index is 2.17. The van der Waals surface area contributed by atoms with Crippen molar-refractivity contribution in [2.75, 3.05) is 12.4 Å². The molecule has 0 amide bonds. The average molecular weight is 199 g/mol. The molecule has 0 aliphatic heterocycles. The molecule has 2 rings (SSSR count). The van der Waals surface area contributed by atoms with Gasteiger partial charge in [-0.05, 0) is 23.8 Å². The maximum Gasteiger partial charge on any atom is 0.0468 e. The zero-order valence-electron chi connectivity index (χ0n) is 8.64. The third kappa shape index (κ3) is 2.53. The van der Waals surface area contributed by atoms with Crippen molar-refractivity contribution in [3.05, 3.63) is 54.1 Å². The van der Waals surface area contributed by atoms with Gasteiger partial charge in [-0.3, -0.25) is 9.97 Å². The lowest BCUT2D eigenvalue weighted by Gasteiger charge is -2.03.